The summed E-state index contributed by atoms with van der Waals surface area (Å²) >= 11 is 1.48. The fourth-order valence-corrected chi connectivity index (χ4v) is 2.36. The van der Waals surface area contributed by atoms with Gasteiger partial charge >= 0.3 is 6.03 Å². The van der Waals surface area contributed by atoms with Crippen molar-refractivity contribution in [3.8, 4) is 5.75 Å². The molecular weight excluding hydrogens is 274 g/mol. The lowest BCUT2D eigenvalue weighted by Gasteiger charge is -2.06. The van der Waals surface area contributed by atoms with Crippen LogP contribution in [0, 0.1) is 0 Å². The van der Waals surface area contributed by atoms with Gasteiger partial charge in [0, 0.05) is 16.8 Å². The van der Waals surface area contributed by atoms with Gasteiger partial charge in [0.25, 0.3) is 0 Å². The molecule has 0 spiro atoms. The van der Waals surface area contributed by atoms with Crippen LogP contribution >= 0.6 is 11.3 Å². The van der Waals surface area contributed by atoms with E-state index in [0.29, 0.717) is 16.7 Å². The fourth-order valence-electron chi connectivity index (χ4n) is 1.55. The zero-order valence-electron chi connectivity index (χ0n) is 11.6. The molecule has 5 nitrogen and oxygen atoms in total. The SMILES string of the molecule is COc1ccc(NC(=O)Nc2ncc(C(C)C)s2)cc1. The quantitative estimate of drug-likeness (QED) is 0.897. The number of anilines is 2. The van der Waals surface area contributed by atoms with Crippen LogP contribution < -0.4 is 15.4 Å². The van der Waals surface area contributed by atoms with Gasteiger partial charge in [-0.3, -0.25) is 5.32 Å². The lowest BCUT2D eigenvalue weighted by Crippen LogP contribution is -2.19. The first-order valence-electron chi connectivity index (χ1n) is 6.26. The van der Waals surface area contributed by atoms with Crippen molar-refractivity contribution in [2.45, 2.75) is 19.8 Å². The van der Waals surface area contributed by atoms with E-state index >= 15 is 0 Å². The molecule has 0 aliphatic carbocycles. The summed E-state index contributed by atoms with van der Waals surface area (Å²) in [5.41, 5.74) is 0.698. The van der Waals surface area contributed by atoms with Gasteiger partial charge in [0.05, 0.1) is 7.11 Å². The topological polar surface area (TPSA) is 63.2 Å². The van der Waals surface area contributed by atoms with Crippen molar-refractivity contribution in [2.24, 2.45) is 0 Å². The first-order valence-corrected chi connectivity index (χ1v) is 7.08. The minimum Gasteiger partial charge on any atom is -0.497 e. The lowest BCUT2D eigenvalue weighted by molar-refractivity contribution is 0.262. The number of nitrogens with zero attached hydrogens (tertiary/aromatic N) is 1. The number of nitrogens with one attached hydrogen (secondary N) is 2. The molecule has 0 aliphatic heterocycles. The molecule has 0 fully saturated rings. The first kappa shape index (κ1) is 14.3. The summed E-state index contributed by atoms with van der Waals surface area (Å²) in [4.78, 5) is 17.1. The average Bonchev–Trinajstić information content (AvgIpc) is 2.88. The monoisotopic (exact) mass is 291 g/mol. The molecule has 0 aliphatic rings. The minimum atomic E-state index is -0.306. The van der Waals surface area contributed by atoms with Gasteiger partial charge in [-0.1, -0.05) is 13.8 Å². The van der Waals surface area contributed by atoms with Crippen LogP contribution in [0.15, 0.2) is 30.5 Å². The first-order chi connectivity index (χ1) is 9.58. The summed E-state index contributed by atoms with van der Waals surface area (Å²) < 4.78 is 5.06. The average molecular weight is 291 g/mol. The van der Waals surface area contributed by atoms with E-state index in [9.17, 15) is 4.79 Å². The number of aromatic nitrogens is 1. The van der Waals surface area contributed by atoms with Gasteiger partial charge in [0.15, 0.2) is 5.13 Å². The molecule has 1 heterocycles. The molecule has 2 N–H and O–H groups in total. The molecule has 0 radical (unpaired) electrons. The van der Waals surface area contributed by atoms with Gasteiger partial charge in [-0.2, -0.15) is 0 Å². The number of hydrogen-bond acceptors (Lipinski definition) is 4. The Hall–Kier alpha value is -2.08. The summed E-state index contributed by atoms with van der Waals surface area (Å²) in [5.74, 6) is 1.16. The van der Waals surface area contributed by atoms with Crippen LogP contribution in [-0.4, -0.2) is 18.1 Å². The zero-order valence-corrected chi connectivity index (χ0v) is 12.5. The largest absolute Gasteiger partial charge is 0.497 e. The van der Waals surface area contributed by atoms with Crippen molar-refractivity contribution in [3.63, 3.8) is 0 Å². The van der Waals surface area contributed by atoms with Crippen LogP contribution in [0.3, 0.4) is 0 Å². The van der Waals surface area contributed by atoms with E-state index in [4.69, 9.17) is 4.74 Å². The Morgan fingerprint density at radius 2 is 1.95 bits per heavy atom. The third-order valence-corrected chi connectivity index (χ3v) is 3.87. The van der Waals surface area contributed by atoms with E-state index in [1.165, 1.54) is 11.3 Å². The Morgan fingerprint density at radius 1 is 1.25 bits per heavy atom. The Labute approximate surface area is 122 Å². The van der Waals surface area contributed by atoms with Gasteiger partial charge in [-0.05, 0) is 30.2 Å². The van der Waals surface area contributed by atoms with Crippen molar-refractivity contribution in [2.75, 3.05) is 17.7 Å². The lowest BCUT2D eigenvalue weighted by atomic mass is 10.2. The van der Waals surface area contributed by atoms with Gasteiger partial charge in [-0.15, -0.1) is 11.3 Å². The third kappa shape index (κ3) is 3.71. The summed E-state index contributed by atoms with van der Waals surface area (Å²) in [6.07, 6.45) is 1.79. The summed E-state index contributed by atoms with van der Waals surface area (Å²) in [7, 11) is 1.60. The molecule has 1 aromatic carbocycles. The highest BCUT2D eigenvalue weighted by Crippen LogP contribution is 2.25. The predicted octanol–water partition coefficient (Wildman–Crippen LogP) is 3.92. The number of thiazole rings is 1. The molecule has 106 valence electrons. The Balaban J connectivity index is 1.93. The summed E-state index contributed by atoms with van der Waals surface area (Å²) in [6.45, 7) is 4.18. The van der Waals surface area contributed by atoms with Crippen LogP contribution in [0.25, 0.3) is 0 Å². The Kier molecular flexibility index (Phi) is 4.57. The second-order valence-electron chi connectivity index (χ2n) is 4.53. The molecule has 2 aromatic rings. The Morgan fingerprint density at radius 3 is 2.50 bits per heavy atom. The number of amides is 2. The second-order valence-corrected chi connectivity index (χ2v) is 5.59. The number of urea groups is 1. The second kappa shape index (κ2) is 6.38. The number of benzene rings is 1. The molecule has 6 heteroatoms. The number of hydrogen-bond donors (Lipinski definition) is 2. The van der Waals surface area contributed by atoms with E-state index in [0.717, 1.165) is 10.6 Å². The van der Waals surface area contributed by atoms with E-state index in [1.54, 1.807) is 37.6 Å². The standard InChI is InChI=1S/C14H17N3O2S/c1-9(2)12-8-15-14(20-12)17-13(18)16-10-4-6-11(19-3)7-5-10/h4-9H,1-3H3,(H2,15,16,17,18). The number of carbonyl (C=O) groups excluding carboxylic acids is 1. The molecule has 2 rings (SSSR count). The van der Waals surface area contributed by atoms with Gasteiger partial charge in [-0.25, -0.2) is 9.78 Å². The van der Waals surface area contributed by atoms with Crippen LogP contribution in [0.2, 0.25) is 0 Å². The van der Waals surface area contributed by atoms with Gasteiger partial charge < -0.3 is 10.1 Å². The number of carbonyl (C=O) groups is 1. The summed E-state index contributed by atoms with van der Waals surface area (Å²) in [5, 5.41) is 6.06. The fraction of sp³-hybridized carbons (Fsp3) is 0.286. The number of rotatable bonds is 4. The third-order valence-electron chi connectivity index (χ3n) is 2.66. The number of methoxy groups -OCH3 is 1. The molecule has 20 heavy (non-hydrogen) atoms. The van der Waals surface area contributed by atoms with E-state index in [2.05, 4.69) is 29.5 Å². The highest BCUT2D eigenvalue weighted by molar-refractivity contribution is 7.15. The van der Waals surface area contributed by atoms with Crippen LogP contribution in [0.5, 0.6) is 5.75 Å². The van der Waals surface area contributed by atoms with Crippen molar-refractivity contribution in [1.29, 1.82) is 0 Å². The van der Waals surface area contributed by atoms with Crippen molar-refractivity contribution >= 4 is 28.2 Å². The van der Waals surface area contributed by atoms with E-state index in [1.807, 2.05) is 0 Å². The maximum absolute atomic E-state index is 11.8. The molecule has 0 atom stereocenters. The van der Waals surface area contributed by atoms with Crippen LogP contribution in [-0.2, 0) is 0 Å². The molecule has 0 unspecified atom stereocenters. The van der Waals surface area contributed by atoms with Crippen LogP contribution in [0.1, 0.15) is 24.6 Å². The highest BCUT2D eigenvalue weighted by atomic mass is 32.1. The summed E-state index contributed by atoms with van der Waals surface area (Å²) in [6, 6.07) is 6.82. The molecular formula is C14H17N3O2S. The smallest absolute Gasteiger partial charge is 0.325 e. The van der Waals surface area contributed by atoms with Crippen molar-refractivity contribution in [1.82, 2.24) is 4.98 Å². The van der Waals surface area contributed by atoms with E-state index in [-0.39, 0.29) is 6.03 Å². The van der Waals surface area contributed by atoms with Gasteiger partial charge in [0.2, 0.25) is 0 Å². The van der Waals surface area contributed by atoms with Crippen molar-refractivity contribution in [3.05, 3.63) is 35.3 Å². The van der Waals surface area contributed by atoms with E-state index < -0.39 is 0 Å². The number of ether oxygens (including phenoxy) is 1. The maximum atomic E-state index is 11.8. The minimum absolute atomic E-state index is 0.306. The van der Waals surface area contributed by atoms with Crippen molar-refractivity contribution < 1.29 is 9.53 Å². The molecule has 1 aromatic heterocycles. The normalized spacial score (nSPS) is 10.4. The zero-order chi connectivity index (χ0) is 14.5. The molecule has 2 amide bonds. The van der Waals surface area contributed by atoms with Crippen LogP contribution in [0.4, 0.5) is 15.6 Å². The molecule has 0 saturated carbocycles. The maximum Gasteiger partial charge on any atom is 0.325 e. The van der Waals surface area contributed by atoms with Gasteiger partial charge in [0.1, 0.15) is 5.75 Å². The Bertz CT molecular complexity index is 578. The molecule has 0 saturated heterocycles. The highest BCUT2D eigenvalue weighted by Gasteiger charge is 2.08. The predicted molar refractivity (Wildman–Crippen MR) is 81.8 cm³/mol. The molecule has 0 bridgehead atoms.